The van der Waals surface area contributed by atoms with E-state index in [1.807, 2.05) is 0 Å². The minimum Gasteiger partial charge on any atom is -0.489 e. The molecule has 0 saturated carbocycles. The number of hydrogen-bond donors (Lipinski definition) is 3. The van der Waals surface area contributed by atoms with Gasteiger partial charge in [0.2, 0.25) is 5.91 Å². The first kappa shape index (κ1) is 24.2. The highest BCUT2D eigenvalue weighted by Gasteiger charge is 2.48. The number of fused-ring (bicyclic) bond motifs is 2. The van der Waals surface area contributed by atoms with Gasteiger partial charge in [0.05, 0.1) is 10.7 Å². The lowest BCUT2D eigenvalue weighted by Crippen LogP contribution is -2.41. The van der Waals surface area contributed by atoms with Gasteiger partial charge < -0.3 is 30.8 Å². The predicted molar refractivity (Wildman–Crippen MR) is 121 cm³/mol. The molecule has 12 heteroatoms. The highest BCUT2D eigenvalue weighted by Crippen LogP contribution is 2.52. The number of nitrogens with two attached hydrogens (primary N) is 2. The van der Waals surface area contributed by atoms with Crippen LogP contribution in [0.2, 0.25) is 5.02 Å². The second kappa shape index (κ2) is 7.99. The fourth-order valence-electron chi connectivity index (χ4n) is 4.24. The van der Waals surface area contributed by atoms with E-state index in [4.69, 9.17) is 27.8 Å². The molecule has 0 bridgehead atoms. The molecule has 0 fully saturated rings. The van der Waals surface area contributed by atoms with E-state index in [9.17, 15) is 23.1 Å². The molecule has 2 aromatic carbocycles. The summed E-state index contributed by atoms with van der Waals surface area (Å²) in [5.74, 6) is -1.82. The lowest BCUT2D eigenvalue weighted by molar-refractivity contribution is -0.286. The third-order valence-corrected chi connectivity index (χ3v) is 6.80. The molecule has 5 N–H and O–H groups in total. The van der Waals surface area contributed by atoms with Gasteiger partial charge >= 0.3 is 6.29 Å². The Balaban J connectivity index is 1.77. The number of alkyl halides is 2. The van der Waals surface area contributed by atoms with Crippen molar-refractivity contribution in [2.45, 2.75) is 24.2 Å². The standard InChI is InChI=1S/C24H19ClF3N3O5/c1-22(21(30)32)10-34-19-14(22)8-16(23(33,9-29)11-2-4-12(26)5-3-11)31-18(19)13-6-7-15-20(17(13)25)36-24(27,28)35-15/h2-8,33H,9-10,29H2,1H3,(H2,30,32)/t22-,23+/m0/s1. The maximum atomic E-state index is 13.7. The van der Waals surface area contributed by atoms with Crippen molar-refractivity contribution < 1.29 is 37.3 Å². The number of carbonyl (C=O) groups excluding carboxylic acids is 1. The number of primary amides is 1. The van der Waals surface area contributed by atoms with E-state index in [1.54, 1.807) is 6.92 Å². The number of rotatable bonds is 5. The van der Waals surface area contributed by atoms with E-state index in [2.05, 4.69) is 14.5 Å². The van der Waals surface area contributed by atoms with Crippen LogP contribution in [0.15, 0.2) is 42.5 Å². The molecule has 0 spiro atoms. The molecule has 1 amide bonds. The highest BCUT2D eigenvalue weighted by atomic mass is 35.5. The van der Waals surface area contributed by atoms with Crippen LogP contribution in [-0.2, 0) is 15.8 Å². The molecule has 2 aliphatic heterocycles. The minimum atomic E-state index is -3.91. The van der Waals surface area contributed by atoms with Crippen LogP contribution in [0.1, 0.15) is 23.7 Å². The number of halogens is 4. The molecule has 3 aromatic rings. The summed E-state index contributed by atoms with van der Waals surface area (Å²) in [6.45, 7) is 1.03. The summed E-state index contributed by atoms with van der Waals surface area (Å²) in [7, 11) is 0. The SMILES string of the molecule is C[C@]1(C(N)=O)COc2c1cc([C@@](O)(CN)c1ccc(F)cc1)nc2-c1ccc2c(c1Cl)OC(F)(F)O2. The van der Waals surface area contributed by atoms with E-state index < -0.39 is 34.8 Å². The van der Waals surface area contributed by atoms with Crippen molar-refractivity contribution in [3.8, 4) is 28.5 Å². The average molecular weight is 522 g/mol. The summed E-state index contributed by atoms with van der Waals surface area (Å²) >= 11 is 6.43. The number of nitrogens with zero attached hydrogens (tertiary/aromatic N) is 1. The van der Waals surface area contributed by atoms with E-state index in [1.165, 1.54) is 30.3 Å². The molecular weight excluding hydrogens is 503 g/mol. The lowest BCUT2D eigenvalue weighted by Gasteiger charge is -2.29. The Bertz CT molecular complexity index is 1400. The molecule has 188 valence electrons. The van der Waals surface area contributed by atoms with Crippen molar-refractivity contribution in [1.29, 1.82) is 0 Å². The number of hydrogen-bond acceptors (Lipinski definition) is 7. The summed E-state index contributed by atoms with van der Waals surface area (Å²) < 4.78 is 55.7. The van der Waals surface area contributed by atoms with E-state index in [0.717, 1.165) is 12.1 Å². The summed E-state index contributed by atoms with van der Waals surface area (Å²) in [5, 5.41) is 11.4. The molecule has 1 aromatic heterocycles. The maximum Gasteiger partial charge on any atom is 0.586 e. The quantitative estimate of drug-likeness (QED) is 0.470. The summed E-state index contributed by atoms with van der Waals surface area (Å²) in [4.78, 5) is 16.9. The topological polar surface area (TPSA) is 130 Å². The molecule has 0 unspecified atom stereocenters. The van der Waals surface area contributed by atoms with Crippen LogP contribution in [0.4, 0.5) is 13.2 Å². The zero-order valence-electron chi connectivity index (χ0n) is 18.6. The van der Waals surface area contributed by atoms with Crippen molar-refractivity contribution in [3.63, 3.8) is 0 Å². The van der Waals surface area contributed by atoms with Crippen molar-refractivity contribution in [2.24, 2.45) is 11.5 Å². The van der Waals surface area contributed by atoms with Gasteiger partial charge in [-0.2, -0.15) is 0 Å². The zero-order valence-corrected chi connectivity index (χ0v) is 19.4. The van der Waals surface area contributed by atoms with Crippen LogP contribution in [0.5, 0.6) is 17.2 Å². The average Bonchev–Trinajstić information content (AvgIpc) is 3.36. The Hall–Kier alpha value is -3.54. The molecular formula is C24H19ClF3N3O5. The molecule has 0 radical (unpaired) electrons. The number of pyridine rings is 1. The predicted octanol–water partition coefficient (Wildman–Crippen LogP) is 3.19. The molecule has 8 nitrogen and oxygen atoms in total. The normalized spacial score (nSPS) is 21.0. The number of carbonyl (C=O) groups is 1. The van der Waals surface area contributed by atoms with Gasteiger partial charge in [-0.1, -0.05) is 23.7 Å². The van der Waals surface area contributed by atoms with E-state index in [0.29, 0.717) is 0 Å². The van der Waals surface area contributed by atoms with Gasteiger partial charge in [-0.05, 0) is 42.8 Å². The summed E-state index contributed by atoms with van der Waals surface area (Å²) in [5.41, 5.74) is 8.96. The van der Waals surface area contributed by atoms with Gasteiger partial charge in [-0.15, -0.1) is 8.78 Å². The Morgan fingerprint density at radius 1 is 1.19 bits per heavy atom. The maximum absolute atomic E-state index is 13.7. The molecule has 3 heterocycles. The Morgan fingerprint density at radius 3 is 2.53 bits per heavy atom. The smallest absolute Gasteiger partial charge is 0.489 e. The molecule has 0 aliphatic carbocycles. The van der Waals surface area contributed by atoms with Crippen molar-refractivity contribution >= 4 is 17.5 Å². The van der Waals surface area contributed by atoms with Gasteiger partial charge in [0.1, 0.15) is 34.9 Å². The fraction of sp³-hybridized carbons (Fsp3) is 0.250. The van der Waals surface area contributed by atoms with Gasteiger partial charge in [0, 0.05) is 17.7 Å². The van der Waals surface area contributed by atoms with Crippen molar-refractivity contribution in [1.82, 2.24) is 4.98 Å². The van der Waals surface area contributed by atoms with Crippen LogP contribution < -0.4 is 25.7 Å². The van der Waals surface area contributed by atoms with Gasteiger partial charge in [0.15, 0.2) is 11.5 Å². The number of ether oxygens (including phenoxy) is 3. The summed E-state index contributed by atoms with van der Waals surface area (Å²) in [6.07, 6.45) is -3.91. The lowest BCUT2D eigenvalue weighted by atomic mass is 9.81. The first-order valence-electron chi connectivity index (χ1n) is 10.7. The fourth-order valence-corrected chi connectivity index (χ4v) is 4.53. The Kier molecular flexibility index (Phi) is 5.36. The highest BCUT2D eigenvalue weighted by molar-refractivity contribution is 6.35. The van der Waals surface area contributed by atoms with Crippen LogP contribution in [0.3, 0.4) is 0 Å². The Labute approximate surface area is 207 Å². The number of aromatic nitrogens is 1. The molecule has 36 heavy (non-hydrogen) atoms. The number of benzene rings is 2. The van der Waals surface area contributed by atoms with Gasteiger partial charge in [-0.25, -0.2) is 9.37 Å². The second-order valence-electron chi connectivity index (χ2n) is 8.71. The summed E-state index contributed by atoms with van der Waals surface area (Å²) in [6, 6.07) is 9.00. The van der Waals surface area contributed by atoms with Gasteiger partial charge in [-0.3, -0.25) is 4.79 Å². The largest absolute Gasteiger partial charge is 0.586 e. The third kappa shape index (κ3) is 3.54. The molecule has 5 rings (SSSR count). The van der Waals surface area contributed by atoms with Crippen LogP contribution in [-0.4, -0.2) is 35.4 Å². The molecule has 2 aliphatic rings. The van der Waals surface area contributed by atoms with Gasteiger partial charge in [0.25, 0.3) is 0 Å². The Morgan fingerprint density at radius 2 is 1.89 bits per heavy atom. The second-order valence-corrected chi connectivity index (χ2v) is 9.09. The molecule has 2 atom stereocenters. The van der Waals surface area contributed by atoms with Crippen LogP contribution in [0.25, 0.3) is 11.3 Å². The first-order chi connectivity index (χ1) is 16.9. The monoisotopic (exact) mass is 521 g/mol. The number of aliphatic hydroxyl groups is 1. The third-order valence-electron chi connectivity index (χ3n) is 6.42. The van der Waals surface area contributed by atoms with Crippen LogP contribution >= 0.6 is 11.6 Å². The number of amides is 1. The zero-order chi connectivity index (χ0) is 26.0. The molecule has 0 saturated heterocycles. The van der Waals surface area contributed by atoms with E-state index >= 15 is 0 Å². The minimum absolute atomic E-state index is 0.0214. The van der Waals surface area contributed by atoms with Crippen LogP contribution in [0, 0.1) is 5.82 Å². The first-order valence-corrected chi connectivity index (χ1v) is 11.0. The van der Waals surface area contributed by atoms with Crippen molar-refractivity contribution in [3.05, 3.63) is 70.1 Å². The van der Waals surface area contributed by atoms with Crippen molar-refractivity contribution in [2.75, 3.05) is 13.2 Å². The van der Waals surface area contributed by atoms with E-state index in [-0.39, 0.29) is 57.8 Å².